The van der Waals surface area contributed by atoms with Crippen molar-refractivity contribution < 1.29 is 14.6 Å². The predicted molar refractivity (Wildman–Crippen MR) is 103 cm³/mol. The summed E-state index contributed by atoms with van der Waals surface area (Å²) in [5.74, 6) is -1.31. The number of hydrogen-bond donors (Lipinski definition) is 2. The van der Waals surface area contributed by atoms with Crippen molar-refractivity contribution in [1.29, 1.82) is 0 Å². The first kappa shape index (κ1) is 20.6. The summed E-state index contributed by atoms with van der Waals surface area (Å²) in [6, 6.07) is 6.18. The minimum absolute atomic E-state index is 0.0933. The van der Waals surface area contributed by atoms with Gasteiger partial charge in [0.05, 0.1) is 0 Å². The van der Waals surface area contributed by atoms with Crippen LogP contribution in [0.4, 0.5) is 4.39 Å². The van der Waals surface area contributed by atoms with Gasteiger partial charge in [-0.3, -0.25) is 4.90 Å². The summed E-state index contributed by atoms with van der Waals surface area (Å²) in [7, 11) is 0. The van der Waals surface area contributed by atoms with Crippen LogP contribution in [0.15, 0.2) is 24.3 Å². The van der Waals surface area contributed by atoms with Crippen molar-refractivity contribution in [3.63, 3.8) is 0 Å². The second-order valence-electron chi connectivity index (χ2n) is 7.11. The van der Waals surface area contributed by atoms with Gasteiger partial charge < -0.3 is 14.8 Å². The predicted octanol–water partition coefficient (Wildman–Crippen LogP) is 3.94. The molecule has 0 amide bonds. The van der Waals surface area contributed by atoms with E-state index in [0.717, 1.165) is 25.2 Å². The number of aryl methyl sites for hydroxylation is 1. The van der Waals surface area contributed by atoms with Crippen molar-refractivity contribution in [2.24, 2.45) is 0 Å². The maximum atomic E-state index is 14.3. The van der Waals surface area contributed by atoms with E-state index in [2.05, 4.69) is 9.88 Å². The number of piperidine rings is 1. The average Bonchev–Trinajstić information content (AvgIpc) is 2.85. The SMILES string of the molecule is Cc1nc(Cl)c(Cl)n1CCCCN1CCC(O)(O)CC1c1ccccc1F. The third kappa shape index (κ3) is 4.81. The van der Waals surface area contributed by atoms with Crippen LogP contribution in [0.3, 0.4) is 0 Å². The molecule has 2 aromatic rings. The molecule has 3 rings (SSSR count). The molecule has 1 aromatic heterocycles. The van der Waals surface area contributed by atoms with Crippen molar-refractivity contribution >= 4 is 23.2 Å². The molecule has 1 aliphatic heterocycles. The van der Waals surface area contributed by atoms with Crippen molar-refractivity contribution in [2.75, 3.05) is 13.1 Å². The molecule has 5 nitrogen and oxygen atoms in total. The van der Waals surface area contributed by atoms with Crippen molar-refractivity contribution in [2.45, 2.75) is 51.0 Å². The standard InChI is InChI=1S/C19H24Cl2FN3O2/c1-13-23-17(20)18(21)25(13)10-5-4-9-24-11-8-19(26,27)12-16(24)14-6-2-3-7-15(14)22/h2-3,6-7,16,26-27H,4-5,8-12H2,1H3. The number of imidazole rings is 1. The lowest BCUT2D eigenvalue weighted by atomic mass is 9.90. The van der Waals surface area contributed by atoms with Gasteiger partial charge in [0.15, 0.2) is 10.9 Å². The summed E-state index contributed by atoms with van der Waals surface area (Å²) in [6.45, 7) is 3.79. The Hall–Kier alpha value is -1.18. The Morgan fingerprint density at radius 1 is 1.22 bits per heavy atom. The zero-order valence-electron chi connectivity index (χ0n) is 15.2. The Kier molecular flexibility index (Phi) is 6.43. The quantitative estimate of drug-likeness (QED) is 0.553. The third-order valence-corrected chi connectivity index (χ3v) is 5.90. The van der Waals surface area contributed by atoms with Gasteiger partial charge in [-0.25, -0.2) is 9.37 Å². The highest BCUT2D eigenvalue weighted by atomic mass is 35.5. The number of halogens is 3. The Morgan fingerprint density at radius 3 is 2.59 bits per heavy atom. The zero-order chi connectivity index (χ0) is 19.6. The zero-order valence-corrected chi connectivity index (χ0v) is 16.7. The second kappa shape index (κ2) is 8.45. The number of aromatic nitrogens is 2. The van der Waals surface area contributed by atoms with E-state index >= 15 is 0 Å². The summed E-state index contributed by atoms with van der Waals surface area (Å²) in [4.78, 5) is 6.27. The minimum Gasteiger partial charge on any atom is -0.365 e. The van der Waals surface area contributed by atoms with Gasteiger partial charge in [-0.1, -0.05) is 41.4 Å². The second-order valence-corrected chi connectivity index (χ2v) is 7.83. The molecule has 8 heteroatoms. The molecule has 148 valence electrons. The normalized spacial score (nSPS) is 20.1. The van der Waals surface area contributed by atoms with Gasteiger partial charge in [0.2, 0.25) is 0 Å². The van der Waals surface area contributed by atoms with E-state index in [0.29, 0.717) is 29.0 Å². The maximum absolute atomic E-state index is 14.3. The van der Waals surface area contributed by atoms with Crippen LogP contribution < -0.4 is 0 Å². The molecule has 1 saturated heterocycles. The fourth-order valence-electron chi connectivity index (χ4n) is 3.69. The van der Waals surface area contributed by atoms with Gasteiger partial charge in [0, 0.05) is 37.5 Å². The van der Waals surface area contributed by atoms with Crippen LogP contribution in [0.1, 0.15) is 43.1 Å². The van der Waals surface area contributed by atoms with Crippen molar-refractivity contribution in [3.05, 3.63) is 51.8 Å². The molecule has 0 saturated carbocycles. The van der Waals surface area contributed by atoms with Gasteiger partial charge in [-0.05, 0) is 32.4 Å². The first-order valence-corrected chi connectivity index (χ1v) is 9.85. The summed E-state index contributed by atoms with van der Waals surface area (Å²) in [5.41, 5.74) is 0.505. The molecule has 0 aliphatic carbocycles. The lowest BCUT2D eigenvalue weighted by molar-refractivity contribution is -0.201. The van der Waals surface area contributed by atoms with E-state index in [1.54, 1.807) is 18.2 Å². The molecule has 1 aromatic carbocycles. The number of benzene rings is 1. The number of rotatable bonds is 6. The molecular formula is C19H24Cl2FN3O2. The van der Waals surface area contributed by atoms with Gasteiger partial charge in [0.25, 0.3) is 0 Å². The van der Waals surface area contributed by atoms with E-state index in [-0.39, 0.29) is 24.7 Å². The molecule has 2 heterocycles. The van der Waals surface area contributed by atoms with Gasteiger partial charge in [0.1, 0.15) is 16.8 Å². The highest BCUT2D eigenvalue weighted by molar-refractivity contribution is 6.40. The Balaban J connectivity index is 1.63. The topological polar surface area (TPSA) is 61.5 Å². The Morgan fingerprint density at radius 2 is 1.93 bits per heavy atom. The molecular weight excluding hydrogens is 392 g/mol. The van der Waals surface area contributed by atoms with Crippen LogP contribution >= 0.6 is 23.2 Å². The molecule has 1 unspecified atom stereocenters. The summed E-state index contributed by atoms with van der Waals surface area (Å²) < 4.78 is 16.1. The number of unbranched alkanes of at least 4 members (excludes halogenated alkanes) is 1. The molecule has 0 radical (unpaired) electrons. The van der Waals surface area contributed by atoms with Crippen LogP contribution in [0, 0.1) is 12.7 Å². The van der Waals surface area contributed by atoms with Crippen LogP contribution in [0.5, 0.6) is 0 Å². The summed E-state index contributed by atoms with van der Waals surface area (Å²) in [5, 5.41) is 20.9. The van der Waals surface area contributed by atoms with Gasteiger partial charge >= 0.3 is 0 Å². The fourth-order valence-corrected chi connectivity index (χ4v) is 4.16. The highest BCUT2D eigenvalue weighted by Gasteiger charge is 2.38. The monoisotopic (exact) mass is 415 g/mol. The lowest BCUT2D eigenvalue weighted by Crippen LogP contribution is -2.46. The Labute approximate surface area is 168 Å². The number of aliphatic hydroxyl groups is 2. The largest absolute Gasteiger partial charge is 0.365 e. The molecule has 27 heavy (non-hydrogen) atoms. The molecule has 0 spiro atoms. The van der Waals surface area contributed by atoms with Crippen LogP contribution in [-0.4, -0.2) is 43.5 Å². The molecule has 2 N–H and O–H groups in total. The van der Waals surface area contributed by atoms with E-state index in [1.165, 1.54) is 6.07 Å². The maximum Gasteiger partial charge on any atom is 0.166 e. The molecule has 1 aliphatic rings. The summed E-state index contributed by atoms with van der Waals surface area (Å²) in [6.07, 6.45) is 2.06. The first-order valence-electron chi connectivity index (χ1n) is 9.10. The fraction of sp³-hybridized carbons (Fsp3) is 0.526. The van der Waals surface area contributed by atoms with Gasteiger partial charge in [-0.2, -0.15) is 0 Å². The van der Waals surface area contributed by atoms with Crippen LogP contribution in [-0.2, 0) is 6.54 Å². The number of likely N-dealkylation sites (tertiary alicyclic amines) is 1. The van der Waals surface area contributed by atoms with E-state index in [1.807, 2.05) is 11.5 Å². The van der Waals surface area contributed by atoms with Crippen molar-refractivity contribution in [3.8, 4) is 0 Å². The molecule has 1 fully saturated rings. The Bertz CT molecular complexity index is 797. The van der Waals surface area contributed by atoms with Crippen LogP contribution in [0.2, 0.25) is 10.3 Å². The lowest BCUT2D eigenvalue weighted by Gasteiger charge is -2.42. The highest BCUT2D eigenvalue weighted by Crippen LogP contribution is 2.36. The van der Waals surface area contributed by atoms with Crippen molar-refractivity contribution in [1.82, 2.24) is 14.5 Å². The van der Waals surface area contributed by atoms with Crippen LogP contribution in [0.25, 0.3) is 0 Å². The van der Waals surface area contributed by atoms with E-state index in [4.69, 9.17) is 23.2 Å². The smallest absolute Gasteiger partial charge is 0.166 e. The average molecular weight is 416 g/mol. The number of hydrogen-bond acceptors (Lipinski definition) is 4. The number of nitrogens with zero attached hydrogens (tertiary/aromatic N) is 3. The first-order chi connectivity index (χ1) is 12.8. The van der Waals surface area contributed by atoms with Gasteiger partial charge in [-0.15, -0.1) is 0 Å². The third-order valence-electron chi connectivity index (χ3n) is 5.16. The molecule has 1 atom stereocenters. The van der Waals surface area contributed by atoms with E-state index < -0.39 is 5.79 Å². The minimum atomic E-state index is -1.76. The summed E-state index contributed by atoms with van der Waals surface area (Å²) >= 11 is 12.1. The van der Waals surface area contributed by atoms with E-state index in [9.17, 15) is 14.6 Å². The molecule has 0 bridgehead atoms.